The van der Waals surface area contributed by atoms with Crippen LogP contribution in [0.3, 0.4) is 0 Å². The molecule has 1 rings (SSSR count). The van der Waals surface area contributed by atoms with Crippen molar-refractivity contribution in [2.24, 2.45) is 0 Å². The third-order valence-electron chi connectivity index (χ3n) is 2.32. The number of pyridine rings is 1. The molecule has 1 heterocycles. The van der Waals surface area contributed by atoms with Gasteiger partial charge >= 0.3 is 0 Å². The van der Waals surface area contributed by atoms with E-state index in [4.69, 9.17) is 4.74 Å². The zero-order chi connectivity index (χ0) is 13.5. The normalized spacial score (nSPS) is 10.7. The summed E-state index contributed by atoms with van der Waals surface area (Å²) in [6, 6.07) is 0. The molecule has 0 saturated heterocycles. The van der Waals surface area contributed by atoms with E-state index in [9.17, 15) is 17.6 Å². The number of nitrogens with zero attached hydrogens (tertiary/aromatic N) is 1. The smallest absolute Gasteiger partial charge is 0.253 e. The average Bonchev–Trinajstić information content (AvgIpc) is 2.35. The van der Waals surface area contributed by atoms with E-state index in [0.717, 1.165) is 12.8 Å². The Balaban J connectivity index is 2.52. The Hall–Kier alpha value is -1.37. The molecule has 0 saturated carbocycles. The fourth-order valence-corrected chi connectivity index (χ4v) is 1.40. The third kappa shape index (κ3) is 3.83. The predicted molar refractivity (Wildman–Crippen MR) is 58.3 cm³/mol. The van der Waals surface area contributed by atoms with Gasteiger partial charge in [0.25, 0.3) is 11.9 Å². The van der Waals surface area contributed by atoms with Gasteiger partial charge in [0, 0.05) is 20.3 Å². The molecule has 0 bridgehead atoms. The quantitative estimate of drug-likeness (QED) is 0.468. The largest absolute Gasteiger partial charge is 0.385 e. The van der Waals surface area contributed by atoms with Crippen LogP contribution in [0.25, 0.3) is 0 Å². The van der Waals surface area contributed by atoms with Gasteiger partial charge in [0.2, 0.25) is 11.6 Å². The summed E-state index contributed by atoms with van der Waals surface area (Å²) < 4.78 is 56.6. The van der Waals surface area contributed by atoms with Crippen molar-refractivity contribution >= 4 is 5.69 Å². The Bertz CT molecular complexity index is 375. The number of nitrogens with one attached hydrogen (secondary N) is 1. The molecule has 1 aromatic heterocycles. The van der Waals surface area contributed by atoms with Crippen LogP contribution in [0.5, 0.6) is 0 Å². The maximum absolute atomic E-state index is 13.1. The molecule has 0 aliphatic carbocycles. The molecule has 0 aliphatic heterocycles. The molecule has 0 spiro atoms. The van der Waals surface area contributed by atoms with Gasteiger partial charge in [0.05, 0.1) is 0 Å². The monoisotopic (exact) mass is 266 g/mol. The van der Waals surface area contributed by atoms with Crippen LogP contribution in [0.2, 0.25) is 0 Å². The van der Waals surface area contributed by atoms with Gasteiger partial charge in [0.15, 0.2) is 0 Å². The molecule has 0 fully saturated rings. The van der Waals surface area contributed by atoms with Crippen LogP contribution in [-0.4, -0.2) is 25.2 Å². The summed E-state index contributed by atoms with van der Waals surface area (Å²) >= 11 is 0. The minimum absolute atomic E-state index is 0.209. The highest BCUT2D eigenvalue weighted by atomic mass is 19.2. The molecule has 0 radical (unpaired) electrons. The first-order chi connectivity index (χ1) is 8.57. The second kappa shape index (κ2) is 7.15. The molecule has 0 amide bonds. The van der Waals surface area contributed by atoms with E-state index in [1.165, 1.54) is 0 Å². The maximum atomic E-state index is 13.1. The summed E-state index contributed by atoms with van der Waals surface area (Å²) in [7, 11) is 1.57. The van der Waals surface area contributed by atoms with Crippen LogP contribution in [0.1, 0.15) is 19.3 Å². The van der Waals surface area contributed by atoms with Gasteiger partial charge in [-0.1, -0.05) is 0 Å². The number of anilines is 1. The summed E-state index contributed by atoms with van der Waals surface area (Å²) in [5, 5.41) is 2.33. The van der Waals surface area contributed by atoms with Crippen molar-refractivity contribution in [3.63, 3.8) is 0 Å². The predicted octanol–water partition coefficient (Wildman–Crippen LogP) is 2.87. The molecular formula is C11H14F4N2O. The first kappa shape index (κ1) is 14.7. The van der Waals surface area contributed by atoms with E-state index in [2.05, 4.69) is 10.3 Å². The van der Waals surface area contributed by atoms with Crippen molar-refractivity contribution in [3.8, 4) is 0 Å². The first-order valence-corrected chi connectivity index (χ1v) is 5.50. The van der Waals surface area contributed by atoms with E-state index in [0.29, 0.717) is 13.0 Å². The van der Waals surface area contributed by atoms with Crippen molar-refractivity contribution in [2.75, 3.05) is 25.6 Å². The third-order valence-corrected chi connectivity index (χ3v) is 2.32. The molecule has 0 unspecified atom stereocenters. The van der Waals surface area contributed by atoms with Gasteiger partial charge in [-0.25, -0.2) is 0 Å². The molecule has 0 aliphatic rings. The lowest BCUT2D eigenvalue weighted by Crippen LogP contribution is -2.10. The molecule has 1 aromatic rings. The fourth-order valence-electron chi connectivity index (χ4n) is 1.40. The lowest BCUT2D eigenvalue weighted by Gasteiger charge is -2.09. The fraction of sp³-hybridized carbons (Fsp3) is 0.545. The van der Waals surface area contributed by atoms with Gasteiger partial charge in [-0.05, 0) is 19.3 Å². The van der Waals surface area contributed by atoms with Crippen LogP contribution in [0, 0.1) is 23.5 Å². The molecule has 0 atom stereocenters. The average molecular weight is 266 g/mol. The van der Waals surface area contributed by atoms with Crippen molar-refractivity contribution in [1.29, 1.82) is 0 Å². The van der Waals surface area contributed by atoms with Crippen LogP contribution >= 0.6 is 0 Å². The van der Waals surface area contributed by atoms with E-state index in [1.54, 1.807) is 7.11 Å². The molecular weight excluding hydrogens is 252 g/mol. The summed E-state index contributed by atoms with van der Waals surface area (Å²) in [4.78, 5) is 2.46. The van der Waals surface area contributed by atoms with Crippen molar-refractivity contribution in [2.45, 2.75) is 19.3 Å². The van der Waals surface area contributed by atoms with E-state index in [1.807, 2.05) is 0 Å². The lowest BCUT2D eigenvalue weighted by atomic mass is 10.2. The summed E-state index contributed by atoms with van der Waals surface area (Å²) in [6.07, 6.45) is 2.19. The number of hydrogen-bond acceptors (Lipinski definition) is 3. The zero-order valence-corrected chi connectivity index (χ0v) is 9.90. The van der Waals surface area contributed by atoms with Crippen LogP contribution in [0.15, 0.2) is 0 Å². The number of unbranched alkanes of at least 4 members (excludes halogenated alkanes) is 2. The molecule has 3 nitrogen and oxygen atoms in total. The molecule has 0 aromatic carbocycles. The van der Waals surface area contributed by atoms with Crippen molar-refractivity contribution in [1.82, 2.24) is 4.98 Å². The Morgan fingerprint density at radius 1 is 1.00 bits per heavy atom. The molecule has 18 heavy (non-hydrogen) atoms. The van der Waals surface area contributed by atoms with E-state index < -0.39 is 29.2 Å². The summed E-state index contributed by atoms with van der Waals surface area (Å²) in [5.41, 5.74) is -0.813. The van der Waals surface area contributed by atoms with Crippen LogP contribution in [0.4, 0.5) is 23.2 Å². The van der Waals surface area contributed by atoms with Gasteiger partial charge in [-0.2, -0.15) is 22.5 Å². The Morgan fingerprint density at radius 2 is 1.61 bits per heavy atom. The second-order valence-corrected chi connectivity index (χ2v) is 3.68. The summed E-state index contributed by atoms with van der Waals surface area (Å²) in [5.74, 6) is -6.33. The number of halogens is 4. The van der Waals surface area contributed by atoms with Crippen molar-refractivity contribution < 1.29 is 22.3 Å². The maximum Gasteiger partial charge on any atom is 0.253 e. The number of rotatable bonds is 7. The van der Waals surface area contributed by atoms with E-state index >= 15 is 0 Å². The van der Waals surface area contributed by atoms with Crippen molar-refractivity contribution in [3.05, 3.63) is 23.5 Å². The first-order valence-electron chi connectivity index (χ1n) is 5.50. The minimum Gasteiger partial charge on any atom is -0.385 e. The lowest BCUT2D eigenvalue weighted by molar-refractivity contribution is 0.192. The highest BCUT2D eigenvalue weighted by molar-refractivity contribution is 5.45. The highest BCUT2D eigenvalue weighted by Crippen LogP contribution is 2.21. The highest BCUT2D eigenvalue weighted by Gasteiger charge is 2.19. The number of aromatic nitrogens is 1. The zero-order valence-electron chi connectivity index (χ0n) is 9.90. The topological polar surface area (TPSA) is 34.1 Å². The Morgan fingerprint density at radius 3 is 2.17 bits per heavy atom. The number of hydrogen-bond donors (Lipinski definition) is 1. The van der Waals surface area contributed by atoms with Gasteiger partial charge < -0.3 is 10.1 Å². The Labute approximate surface area is 102 Å². The second-order valence-electron chi connectivity index (χ2n) is 3.68. The number of methoxy groups -OCH3 is 1. The number of ether oxygens (including phenoxy) is 1. The standard InChI is InChI=1S/C11H14F4N2O/c1-18-6-4-2-3-5-16-9-7(12)10(14)17-11(15)8(9)13/h2-6H2,1H3,(H,16,17). The molecule has 7 heteroatoms. The van der Waals surface area contributed by atoms with Gasteiger partial charge in [-0.3, -0.25) is 0 Å². The van der Waals surface area contributed by atoms with Gasteiger partial charge in [0.1, 0.15) is 5.69 Å². The molecule has 1 N–H and O–H groups in total. The SMILES string of the molecule is COCCCCCNc1c(F)c(F)nc(F)c1F. The van der Waals surface area contributed by atoms with Crippen LogP contribution in [-0.2, 0) is 4.74 Å². The Kier molecular flexibility index (Phi) is 5.84. The van der Waals surface area contributed by atoms with Gasteiger partial charge in [-0.15, -0.1) is 0 Å². The van der Waals surface area contributed by atoms with Crippen LogP contribution < -0.4 is 5.32 Å². The molecule has 102 valence electrons. The summed E-state index contributed by atoms with van der Waals surface area (Å²) in [6.45, 7) is 0.807. The van der Waals surface area contributed by atoms with E-state index in [-0.39, 0.29) is 6.54 Å². The minimum atomic E-state index is -1.66.